The minimum atomic E-state index is -0.772. The summed E-state index contributed by atoms with van der Waals surface area (Å²) in [7, 11) is 3.17. The molecule has 0 bridgehead atoms. The molecule has 106 valence electrons. The molecule has 0 aliphatic rings. The number of benzene rings is 2. The van der Waals surface area contributed by atoms with Gasteiger partial charge in [-0.3, -0.25) is 0 Å². The topological polar surface area (TPSA) is 38.7 Å². The SMILES string of the molecule is COc1cc(OC)cc(C(O)c2cc(Br)ccc2Br)c1. The van der Waals surface area contributed by atoms with Crippen molar-refractivity contribution in [2.24, 2.45) is 0 Å². The third kappa shape index (κ3) is 3.34. The highest BCUT2D eigenvalue weighted by Gasteiger charge is 2.16. The van der Waals surface area contributed by atoms with E-state index in [1.165, 1.54) is 0 Å². The Morgan fingerprint density at radius 2 is 1.55 bits per heavy atom. The quantitative estimate of drug-likeness (QED) is 0.829. The summed E-state index contributed by atoms with van der Waals surface area (Å²) in [6.45, 7) is 0. The first-order valence-electron chi connectivity index (χ1n) is 5.91. The minimum Gasteiger partial charge on any atom is -0.497 e. The molecule has 0 aromatic heterocycles. The number of hydrogen-bond donors (Lipinski definition) is 1. The Hall–Kier alpha value is -1.04. The van der Waals surface area contributed by atoms with Crippen molar-refractivity contribution in [3.63, 3.8) is 0 Å². The van der Waals surface area contributed by atoms with Crippen LogP contribution in [0.15, 0.2) is 45.3 Å². The molecular formula is C15H14Br2O3. The predicted molar refractivity (Wildman–Crippen MR) is 85.4 cm³/mol. The summed E-state index contributed by atoms with van der Waals surface area (Å²) in [6, 6.07) is 11.0. The van der Waals surface area contributed by atoms with Gasteiger partial charge in [0.25, 0.3) is 0 Å². The van der Waals surface area contributed by atoms with Gasteiger partial charge in [0.2, 0.25) is 0 Å². The summed E-state index contributed by atoms with van der Waals surface area (Å²) in [4.78, 5) is 0. The van der Waals surface area contributed by atoms with Crippen molar-refractivity contribution in [1.82, 2.24) is 0 Å². The Balaban J connectivity index is 2.46. The molecule has 1 unspecified atom stereocenters. The molecule has 3 nitrogen and oxygen atoms in total. The van der Waals surface area contributed by atoms with Crippen molar-refractivity contribution in [2.45, 2.75) is 6.10 Å². The molecule has 2 aromatic carbocycles. The maximum Gasteiger partial charge on any atom is 0.122 e. The largest absolute Gasteiger partial charge is 0.497 e. The second-order valence-electron chi connectivity index (χ2n) is 4.21. The number of hydrogen-bond acceptors (Lipinski definition) is 3. The molecule has 0 aliphatic heterocycles. The molecule has 0 amide bonds. The van der Waals surface area contributed by atoms with Gasteiger partial charge < -0.3 is 14.6 Å². The summed E-state index contributed by atoms with van der Waals surface area (Å²) in [6.07, 6.45) is -0.772. The van der Waals surface area contributed by atoms with Crippen LogP contribution in [0.3, 0.4) is 0 Å². The van der Waals surface area contributed by atoms with E-state index in [0.717, 1.165) is 14.5 Å². The Morgan fingerprint density at radius 3 is 2.10 bits per heavy atom. The molecular weight excluding hydrogens is 388 g/mol. The predicted octanol–water partition coefficient (Wildman–Crippen LogP) is 4.31. The van der Waals surface area contributed by atoms with Crippen LogP contribution in [-0.4, -0.2) is 19.3 Å². The second-order valence-corrected chi connectivity index (χ2v) is 5.98. The van der Waals surface area contributed by atoms with Gasteiger partial charge in [-0.15, -0.1) is 0 Å². The first kappa shape index (κ1) is 15.4. The van der Waals surface area contributed by atoms with Crippen molar-refractivity contribution in [3.05, 3.63) is 56.5 Å². The molecule has 5 heteroatoms. The molecule has 0 fully saturated rings. The third-order valence-corrected chi connectivity index (χ3v) is 4.16. The molecule has 0 heterocycles. The Bertz CT molecular complexity index is 592. The lowest BCUT2D eigenvalue weighted by atomic mass is 10.0. The molecule has 0 spiro atoms. The standard InChI is InChI=1S/C15H14Br2O3/c1-19-11-5-9(6-12(8-11)20-2)15(18)13-7-10(16)3-4-14(13)17/h3-8,15,18H,1-2H3. The zero-order valence-electron chi connectivity index (χ0n) is 11.1. The van der Waals surface area contributed by atoms with Crippen LogP contribution in [0.5, 0.6) is 11.5 Å². The normalized spacial score (nSPS) is 12.1. The van der Waals surface area contributed by atoms with Crippen molar-refractivity contribution >= 4 is 31.9 Å². The zero-order valence-corrected chi connectivity index (χ0v) is 14.2. The highest BCUT2D eigenvalue weighted by atomic mass is 79.9. The lowest BCUT2D eigenvalue weighted by Gasteiger charge is -2.16. The van der Waals surface area contributed by atoms with Gasteiger partial charge in [-0.1, -0.05) is 31.9 Å². The van der Waals surface area contributed by atoms with Crippen LogP contribution in [-0.2, 0) is 0 Å². The van der Waals surface area contributed by atoms with Gasteiger partial charge >= 0.3 is 0 Å². The molecule has 0 radical (unpaired) electrons. The molecule has 0 aliphatic carbocycles. The van der Waals surface area contributed by atoms with Crippen molar-refractivity contribution in [3.8, 4) is 11.5 Å². The number of aliphatic hydroxyl groups is 1. The fourth-order valence-electron chi connectivity index (χ4n) is 1.89. The summed E-state index contributed by atoms with van der Waals surface area (Å²) in [5, 5.41) is 10.6. The van der Waals surface area contributed by atoms with Crippen LogP contribution in [0, 0.1) is 0 Å². The zero-order chi connectivity index (χ0) is 14.7. The van der Waals surface area contributed by atoms with Gasteiger partial charge in [-0.2, -0.15) is 0 Å². The highest BCUT2D eigenvalue weighted by Crippen LogP contribution is 2.34. The van der Waals surface area contributed by atoms with Gasteiger partial charge in [0, 0.05) is 20.6 Å². The first-order valence-corrected chi connectivity index (χ1v) is 7.49. The van der Waals surface area contributed by atoms with E-state index in [1.807, 2.05) is 18.2 Å². The maximum absolute atomic E-state index is 10.6. The monoisotopic (exact) mass is 400 g/mol. The van der Waals surface area contributed by atoms with E-state index in [2.05, 4.69) is 31.9 Å². The van der Waals surface area contributed by atoms with Crippen molar-refractivity contribution < 1.29 is 14.6 Å². The second kappa shape index (κ2) is 6.61. The fraction of sp³-hybridized carbons (Fsp3) is 0.200. The van der Waals surface area contributed by atoms with E-state index >= 15 is 0 Å². The molecule has 0 saturated carbocycles. The Kier molecular flexibility index (Phi) is 5.07. The lowest BCUT2D eigenvalue weighted by molar-refractivity contribution is 0.218. The Labute approximate surface area is 134 Å². The maximum atomic E-state index is 10.6. The number of aliphatic hydroxyl groups excluding tert-OH is 1. The number of methoxy groups -OCH3 is 2. The van der Waals surface area contributed by atoms with Gasteiger partial charge in [0.05, 0.1) is 14.2 Å². The smallest absolute Gasteiger partial charge is 0.122 e. The van der Waals surface area contributed by atoms with Crippen LogP contribution in [0.1, 0.15) is 17.2 Å². The molecule has 20 heavy (non-hydrogen) atoms. The summed E-state index contributed by atoms with van der Waals surface area (Å²) < 4.78 is 12.2. The Morgan fingerprint density at radius 1 is 0.950 bits per heavy atom. The average molecular weight is 402 g/mol. The molecule has 2 rings (SSSR count). The average Bonchev–Trinajstić information content (AvgIpc) is 2.48. The third-order valence-electron chi connectivity index (χ3n) is 2.94. The van der Waals surface area contributed by atoms with Gasteiger partial charge in [0.1, 0.15) is 17.6 Å². The van der Waals surface area contributed by atoms with Crippen molar-refractivity contribution in [1.29, 1.82) is 0 Å². The molecule has 1 atom stereocenters. The highest BCUT2D eigenvalue weighted by molar-refractivity contribution is 9.11. The van der Waals surface area contributed by atoms with E-state index < -0.39 is 6.10 Å². The van der Waals surface area contributed by atoms with Crippen LogP contribution >= 0.6 is 31.9 Å². The number of ether oxygens (including phenoxy) is 2. The van der Waals surface area contributed by atoms with Gasteiger partial charge in [0.15, 0.2) is 0 Å². The summed E-state index contributed by atoms with van der Waals surface area (Å²) in [5.74, 6) is 1.29. The van der Waals surface area contributed by atoms with E-state index in [4.69, 9.17) is 9.47 Å². The van der Waals surface area contributed by atoms with Gasteiger partial charge in [-0.05, 0) is 35.9 Å². The van der Waals surface area contributed by atoms with Crippen LogP contribution in [0.2, 0.25) is 0 Å². The van der Waals surface area contributed by atoms with E-state index in [9.17, 15) is 5.11 Å². The number of halogens is 2. The van der Waals surface area contributed by atoms with Gasteiger partial charge in [-0.25, -0.2) is 0 Å². The molecule has 0 saturated heterocycles. The molecule has 1 N–H and O–H groups in total. The lowest BCUT2D eigenvalue weighted by Crippen LogP contribution is -2.02. The first-order chi connectivity index (χ1) is 9.55. The van der Waals surface area contributed by atoms with Crippen molar-refractivity contribution in [2.75, 3.05) is 14.2 Å². The molecule has 2 aromatic rings. The summed E-state index contributed by atoms with van der Waals surface area (Å²) in [5.41, 5.74) is 1.48. The van der Waals surface area contributed by atoms with Crippen LogP contribution < -0.4 is 9.47 Å². The summed E-state index contributed by atoms with van der Waals surface area (Å²) >= 11 is 6.87. The van der Waals surface area contributed by atoms with Crippen LogP contribution in [0.25, 0.3) is 0 Å². The van der Waals surface area contributed by atoms with E-state index in [1.54, 1.807) is 32.4 Å². The van der Waals surface area contributed by atoms with E-state index in [-0.39, 0.29) is 0 Å². The number of rotatable bonds is 4. The minimum absolute atomic E-state index is 0.643. The fourth-order valence-corrected chi connectivity index (χ4v) is 2.73. The van der Waals surface area contributed by atoms with E-state index in [0.29, 0.717) is 17.1 Å². The van der Waals surface area contributed by atoms with Crippen LogP contribution in [0.4, 0.5) is 0 Å².